The van der Waals surface area contributed by atoms with Crippen molar-refractivity contribution in [3.63, 3.8) is 0 Å². The quantitative estimate of drug-likeness (QED) is 0.404. The molecule has 30 heavy (non-hydrogen) atoms. The van der Waals surface area contributed by atoms with Crippen LogP contribution in [0, 0.1) is 11.8 Å². The lowest BCUT2D eigenvalue weighted by Gasteiger charge is -2.28. The molecule has 2 N–H and O–H groups in total. The number of carboxylic acid groups (broad SMARTS) is 1. The summed E-state index contributed by atoms with van der Waals surface area (Å²) < 4.78 is 7.75. The van der Waals surface area contributed by atoms with Crippen LogP contribution >= 0.6 is 0 Å². The van der Waals surface area contributed by atoms with E-state index in [4.69, 9.17) is 5.11 Å². The number of piperazine rings is 1. The van der Waals surface area contributed by atoms with Crippen LogP contribution in [0.15, 0.2) is 9.59 Å². The first kappa shape index (κ1) is 21.1. The van der Waals surface area contributed by atoms with Crippen molar-refractivity contribution in [2.75, 3.05) is 38.2 Å². The lowest BCUT2D eigenvalue weighted by atomic mass is 10.4. The number of ether oxygens (including phenoxy) is 1. The fourth-order valence-corrected chi connectivity index (χ4v) is 3.30. The van der Waals surface area contributed by atoms with Crippen LogP contribution in [0.25, 0.3) is 11.2 Å². The number of esters is 1. The minimum Gasteiger partial charge on any atom is -0.480 e. The number of nitrogens with zero attached hydrogens (tertiary/aromatic N) is 5. The number of rotatable bonds is 6. The van der Waals surface area contributed by atoms with Crippen molar-refractivity contribution in [1.82, 2.24) is 24.0 Å². The number of carbonyl (C=O) groups excluding carboxylic acids is 1. The van der Waals surface area contributed by atoms with Crippen molar-refractivity contribution in [2.24, 2.45) is 0 Å². The molecule has 0 spiro atoms. The number of carbonyl (C=O) groups is 2. The Labute approximate surface area is 170 Å². The number of aromatic nitrogens is 4. The molecule has 3 rings (SSSR count). The molecule has 2 aromatic rings. The van der Waals surface area contributed by atoms with Crippen molar-refractivity contribution in [2.45, 2.75) is 26.6 Å². The summed E-state index contributed by atoms with van der Waals surface area (Å²) in [6, 6.07) is 0. The van der Waals surface area contributed by atoms with E-state index in [0.717, 1.165) is 4.57 Å². The highest BCUT2D eigenvalue weighted by Gasteiger charge is 2.26. The Hall–Kier alpha value is -3.59. The van der Waals surface area contributed by atoms with Gasteiger partial charge in [-0.3, -0.25) is 23.5 Å². The van der Waals surface area contributed by atoms with E-state index in [1.165, 1.54) is 7.11 Å². The van der Waals surface area contributed by atoms with Gasteiger partial charge in [-0.2, -0.15) is 4.98 Å². The van der Waals surface area contributed by atoms with Gasteiger partial charge < -0.3 is 20.1 Å². The van der Waals surface area contributed by atoms with Gasteiger partial charge in [0.15, 0.2) is 11.2 Å². The van der Waals surface area contributed by atoms with Gasteiger partial charge in [-0.1, -0.05) is 5.92 Å². The summed E-state index contributed by atoms with van der Waals surface area (Å²) >= 11 is 0. The van der Waals surface area contributed by atoms with Gasteiger partial charge in [0.2, 0.25) is 5.95 Å². The Morgan fingerprint density at radius 3 is 2.47 bits per heavy atom. The standard InChI is InChI=1S/C18H22N6O6/c1-3-4-7-22-14-15(20-17(22)21-8-5-19-6-9-21)23(11-13(27)30-2)18(29)24(16(14)28)10-12(25)26/h19H,5-11H2,1-2H3,(H,25,26). The third-order valence-electron chi connectivity index (χ3n) is 4.72. The molecule has 1 aliphatic heterocycles. The smallest absolute Gasteiger partial charge is 0.333 e. The highest BCUT2D eigenvalue weighted by atomic mass is 16.5. The number of hydrogen-bond donors (Lipinski definition) is 2. The van der Waals surface area contributed by atoms with Gasteiger partial charge in [0.25, 0.3) is 5.56 Å². The molecule has 0 bridgehead atoms. The molecule has 0 saturated carbocycles. The third-order valence-corrected chi connectivity index (χ3v) is 4.72. The molecule has 0 radical (unpaired) electrons. The average Bonchev–Trinajstić information content (AvgIpc) is 3.12. The molecule has 0 unspecified atom stereocenters. The zero-order valence-electron chi connectivity index (χ0n) is 16.7. The molecule has 0 atom stereocenters. The summed E-state index contributed by atoms with van der Waals surface area (Å²) in [5.74, 6) is 3.98. The van der Waals surface area contributed by atoms with Crippen LogP contribution in [0.1, 0.15) is 6.92 Å². The molecule has 2 aromatic heterocycles. The SMILES string of the molecule is CC#CCn1c(N2CCNCC2)nc2c1c(=O)n(CC(=O)O)c(=O)n2CC(=O)OC. The highest BCUT2D eigenvalue weighted by Crippen LogP contribution is 2.20. The number of anilines is 1. The van der Waals surface area contributed by atoms with E-state index >= 15 is 0 Å². The Balaban J connectivity index is 2.37. The summed E-state index contributed by atoms with van der Waals surface area (Å²) in [6.45, 7) is 3.07. The molecular weight excluding hydrogens is 396 g/mol. The van der Waals surface area contributed by atoms with E-state index in [2.05, 4.69) is 26.9 Å². The topological polar surface area (TPSA) is 141 Å². The summed E-state index contributed by atoms with van der Waals surface area (Å²) in [6.07, 6.45) is 0. The molecule has 1 fully saturated rings. The van der Waals surface area contributed by atoms with Crippen molar-refractivity contribution < 1.29 is 19.4 Å². The molecule has 1 saturated heterocycles. The van der Waals surface area contributed by atoms with Crippen LogP contribution < -0.4 is 21.5 Å². The molecule has 12 heteroatoms. The van der Waals surface area contributed by atoms with Gasteiger partial charge in [-0.05, 0) is 6.92 Å². The first-order valence-corrected chi connectivity index (χ1v) is 9.26. The van der Waals surface area contributed by atoms with Gasteiger partial charge in [0.1, 0.15) is 13.1 Å². The highest BCUT2D eigenvalue weighted by molar-refractivity contribution is 5.78. The Morgan fingerprint density at radius 1 is 1.17 bits per heavy atom. The monoisotopic (exact) mass is 418 g/mol. The van der Waals surface area contributed by atoms with E-state index in [-0.39, 0.29) is 17.7 Å². The molecule has 3 heterocycles. The lowest BCUT2D eigenvalue weighted by Crippen LogP contribution is -2.44. The maximum Gasteiger partial charge on any atom is 0.333 e. The molecular formula is C18H22N6O6. The molecule has 0 aliphatic carbocycles. The average molecular weight is 418 g/mol. The number of methoxy groups -OCH3 is 1. The molecule has 0 amide bonds. The third kappa shape index (κ3) is 3.92. The Kier molecular flexibility index (Phi) is 6.22. The van der Waals surface area contributed by atoms with Crippen molar-refractivity contribution in [1.29, 1.82) is 0 Å². The van der Waals surface area contributed by atoms with Crippen LogP contribution in [-0.4, -0.2) is 69.0 Å². The Morgan fingerprint density at radius 2 is 1.87 bits per heavy atom. The number of hydrogen-bond acceptors (Lipinski definition) is 8. The van der Waals surface area contributed by atoms with Gasteiger partial charge in [0.05, 0.1) is 13.7 Å². The van der Waals surface area contributed by atoms with Crippen LogP contribution in [-0.2, 0) is 34.0 Å². The largest absolute Gasteiger partial charge is 0.480 e. The maximum absolute atomic E-state index is 13.1. The number of imidazole rings is 1. The molecule has 160 valence electrons. The van der Waals surface area contributed by atoms with E-state index in [1.807, 2.05) is 4.90 Å². The minimum absolute atomic E-state index is 0.0102. The van der Waals surface area contributed by atoms with E-state index in [9.17, 15) is 19.2 Å². The second-order valence-electron chi connectivity index (χ2n) is 6.56. The Bertz CT molecular complexity index is 1160. The van der Waals surface area contributed by atoms with Gasteiger partial charge in [-0.15, -0.1) is 5.92 Å². The normalized spacial score (nSPS) is 13.7. The first-order chi connectivity index (χ1) is 14.4. The fraction of sp³-hybridized carbons (Fsp3) is 0.500. The van der Waals surface area contributed by atoms with Crippen LogP contribution in [0.5, 0.6) is 0 Å². The predicted molar refractivity (Wildman–Crippen MR) is 106 cm³/mol. The summed E-state index contributed by atoms with van der Waals surface area (Å²) in [4.78, 5) is 55.6. The lowest BCUT2D eigenvalue weighted by molar-refractivity contribution is -0.141. The molecule has 12 nitrogen and oxygen atoms in total. The molecule has 0 aromatic carbocycles. The number of aliphatic carboxylic acids is 1. The fourth-order valence-electron chi connectivity index (χ4n) is 3.30. The van der Waals surface area contributed by atoms with E-state index in [0.29, 0.717) is 36.7 Å². The minimum atomic E-state index is -1.36. The van der Waals surface area contributed by atoms with Gasteiger partial charge in [-0.25, -0.2) is 9.36 Å². The van der Waals surface area contributed by atoms with E-state index < -0.39 is 36.3 Å². The second kappa shape index (κ2) is 8.83. The number of nitrogens with one attached hydrogen (secondary N) is 1. The first-order valence-electron chi connectivity index (χ1n) is 9.26. The maximum atomic E-state index is 13.1. The van der Waals surface area contributed by atoms with Crippen molar-refractivity contribution in [3.05, 3.63) is 20.8 Å². The van der Waals surface area contributed by atoms with Crippen molar-refractivity contribution >= 4 is 29.1 Å². The van der Waals surface area contributed by atoms with Crippen LogP contribution in [0.4, 0.5) is 5.95 Å². The number of fused-ring (bicyclic) bond motifs is 1. The van der Waals surface area contributed by atoms with Gasteiger partial charge in [0, 0.05) is 26.2 Å². The summed E-state index contributed by atoms with van der Waals surface area (Å²) in [5, 5.41) is 12.4. The van der Waals surface area contributed by atoms with Gasteiger partial charge >= 0.3 is 17.6 Å². The summed E-state index contributed by atoms with van der Waals surface area (Å²) in [7, 11) is 1.17. The zero-order valence-corrected chi connectivity index (χ0v) is 16.7. The van der Waals surface area contributed by atoms with Crippen LogP contribution in [0.2, 0.25) is 0 Å². The second-order valence-corrected chi connectivity index (χ2v) is 6.56. The van der Waals surface area contributed by atoms with Crippen molar-refractivity contribution in [3.8, 4) is 11.8 Å². The molecule has 1 aliphatic rings. The zero-order chi connectivity index (χ0) is 21.8. The van der Waals surface area contributed by atoms with E-state index in [1.54, 1.807) is 11.5 Å². The number of carboxylic acids is 1. The summed E-state index contributed by atoms with van der Waals surface area (Å²) in [5.41, 5.74) is -1.75. The van der Waals surface area contributed by atoms with Crippen LogP contribution in [0.3, 0.4) is 0 Å². The predicted octanol–water partition coefficient (Wildman–Crippen LogP) is -1.95.